The zero-order chi connectivity index (χ0) is 14.0. The summed E-state index contributed by atoms with van der Waals surface area (Å²) in [6.07, 6.45) is 2.91. The predicted octanol–water partition coefficient (Wildman–Crippen LogP) is 2.00. The molecule has 2 aromatic rings. The largest absolute Gasteiger partial charge is 0.493 e. The highest BCUT2D eigenvalue weighted by molar-refractivity contribution is 5.39. The van der Waals surface area contributed by atoms with E-state index in [2.05, 4.69) is 10.1 Å². The third kappa shape index (κ3) is 2.34. The van der Waals surface area contributed by atoms with Gasteiger partial charge in [-0.15, -0.1) is 0 Å². The third-order valence-corrected chi connectivity index (χ3v) is 3.58. The van der Waals surface area contributed by atoms with Crippen molar-refractivity contribution in [3.63, 3.8) is 0 Å². The smallest absolute Gasteiger partial charge is 0.264 e. The van der Waals surface area contributed by atoms with E-state index in [4.69, 9.17) is 19.7 Å². The molecule has 1 saturated carbocycles. The van der Waals surface area contributed by atoms with Crippen LogP contribution in [0, 0.1) is 0 Å². The lowest BCUT2D eigenvalue weighted by molar-refractivity contribution is 0.220. The normalized spacial score (nSPS) is 16.5. The summed E-state index contributed by atoms with van der Waals surface area (Å²) in [4.78, 5) is 4.31. The number of ether oxygens (including phenoxy) is 2. The summed E-state index contributed by atoms with van der Waals surface area (Å²) < 4.78 is 16.0. The zero-order valence-electron chi connectivity index (χ0n) is 11.3. The Balaban J connectivity index is 1.67. The van der Waals surface area contributed by atoms with Gasteiger partial charge in [-0.1, -0.05) is 17.3 Å². The fourth-order valence-electron chi connectivity index (χ4n) is 2.17. The molecule has 1 aliphatic carbocycles. The van der Waals surface area contributed by atoms with Gasteiger partial charge >= 0.3 is 0 Å². The summed E-state index contributed by atoms with van der Waals surface area (Å²) in [5, 5.41) is 3.94. The molecular weight excluding hydrogens is 258 g/mol. The summed E-state index contributed by atoms with van der Waals surface area (Å²) in [5.41, 5.74) is 5.73. The van der Waals surface area contributed by atoms with E-state index in [-0.39, 0.29) is 6.61 Å². The van der Waals surface area contributed by atoms with Crippen molar-refractivity contribution in [2.24, 2.45) is 5.73 Å². The standard InChI is InChI=1S/C14H17N3O3/c1-18-10-5-2-3-6-11(10)19-9-12-16-13(17-20-12)14(15)7-4-8-14/h2-3,5-6H,4,7-9,15H2,1H3. The SMILES string of the molecule is COc1ccccc1OCc1nc(C2(N)CCC2)no1. The summed E-state index contributed by atoms with van der Waals surface area (Å²) in [6, 6.07) is 7.41. The van der Waals surface area contributed by atoms with Crippen LogP contribution in [-0.4, -0.2) is 17.3 Å². The van der Waals surface area contributed by atoms with Gasteiger partial charge in [-0.3, -0.25) is 0 Å². The summed E-state index contributed by atoms with van der Waals surface area (Å²) >= 11 is 0. The van der Waals surface area contributed by atoms with Gasteiger partial charge in [-0.05, 0) is 31.4 Å². The first-order chi connectivity index (χ1) is 9.71. The number of para-hydroxylation sites is 2. The molecule has 0 aliphatic heterocycles. The van der Waals surface area contributed by atoms with Crippen molar-refractivity contribution >= 4 is 0 Å². The second-order valence-electron chi connectivity index (χ2n) is 4.96. The van der Waals surface area contributed by atoms with Crippen molar-refractivity contribution in [2.75, 3.05) is 7.11 Å². The first-order valence-electron chi connectivity index (χ1n) is 6.59. The highest BCUT2D eigenvalue weighted by Crippen LogP contribution is 2.37. The van der Waals surface area contributed by atoms with E-state index in [1.807, 2.05) is 24.3 Å². The first kappa shape index (κ1) is 12.9. The lowest BCUT2D eigenvalue weighted by Crippen LogP contribution is -2.44. The maximum atomic E-state index is 6.14. The van der Waals surface area contributed by atoms with Crippen molar-refractivity contribution in [3.8, 4) is 11.5 Å². The Kier molecular flexibility index (Phi) is 3.31. The molecule has 0 unspecified atom stereocenters. The number of nitrogens with zero attached hydrogens (tertiary/aromatic N) is 2. The van der Waals surface area contributed by atoms with Crippen LogP contribution in [0.15, 0.2) is 28.8 Å². The van der Waals surface area contributed by atoms with Crippen LogP contribution in [0.1, 0.15) is 31.0 Å². The zero-order valence-corrected chi connectivity index (χ0v) is 11.3. The number of hydrogen-bond donors (Lipinski definition) is 1. The van der Waals surface area contributed by atoms with Gasteiger partial charge < -0.3 is 19.7 Å². The molecule has 0 radical (unpaired) electrons. The minimum absolute atomic E-state index is 0.198. The van der Waals surface area contributed by atoms with E-state index in [0.717, 1.165) is 19.3 Å². The molecule has 0 amide bonds. The van der Waals surface area contributed by atoms with Crippen molar-refractivity contribution < 1.29 is 14.0 Å². The Hall–Kier alpha value is -2.08. The molecule has 0 saturated heterocycles. The van der Waals surface area contributed by atoms with E-state index in [9.17, 15) is 0 Å². The van der Waals surface area contributed by atoms with Crippen molar-refractivity contribution in [2.45, 2.75) is 31.4 Å². The first-order valence-corrected chi connectivity index (χ1v) is 6.59. The second-order valence-corrected chi connectivity index (χ2v) is 4.96. The van der Waals surface area contributed by atoms with Crippen LogP contribution in [-0.2, 0) is 12.1 Å². The number of nitrogens with two attached hydrogens (primary N) is 1. The summed E-state index contributed by atoms with van der Waals surface area (Å²) in [7, 11) is 1.60. The summed E-state index contributed by atoms with van der Waals surface area (Å²) in [5.74, 6) is 2.30. The van der Waals surface area contributed by atoms with Gasteiger partial charge in [0, 0.05) is 0 Å². The van der Waals surface area contributed by atoms with Gasteiger partial charge in [0.2, 0.25) is 0 Å². The molecule has 6 heteroatoms. The average Bonchev–Trinajstić information content (AvgIpc) is 2.92. The predicted molar refractivity (Wildman–Crippen MR) is 71.3 cm³/mol. The van der Waals surface area contributed by atoms with Gasteiger partial charge in [0.05, 0.1) is 12.6 Å². The number of hydrogen-bond acceptors (Lipinski definition) is 6. The molecule has 0 spiro atoms. The number of benzene rings is 1. The molecule has 3 rings (SSSR count). The van der Waals surface area contributed by atoms with E-state index in [1.165, 1.54) is 0 Å². The van der Waals surface area contributed by atoms with Crippen molar-refractivity contribution in [3.05, 3.63) is 36.0 Å². The Morgan fingerprint density at radius 2 is 2.05 bits per heavy atom. The number of methoxy groups -OCH3 is 1. The van der Waals surface area contributed by atoms with Gasteiger partial charge in [-0.2, -0.15) is 4.98 Å². The van der Waals surface area contributed by atoms with Crippen LogP contribution >= 0.6 is 0 Å². The fraction of sp³-hybridized carbons (Fsp3) is 0.429. The number of aromatic nitrogens is 2. The van der Waals surface area contributed by atoms with Crippen LogP contribution in [0.5, 0.6) is 11.5 Å². The van der Waals surface area contributed by atoms with Crippen LogP contribution < -0.4 is 15.2 Å². The molecule has 1 aromatic heterocycles. The molecule has 1 heterocycles. The van der Waals surface area contributed by atoms with Crippen LogP contribution in [0.25, 0.3) is 0 Å². The Bertz CT molecular complexity index is 593. The lowest BCUT2D eigenvalue weighted by Gasteiger charge is -2.34. The minimum Gasteiger partial charge on any atom is -0.493 e. The number of rotatable bonds is 5. The van der Waals surface area contributed by atoms with E-state index >= 15 is 0 Å². The quantitative estimate of drug-likeness (QED) is 0.898. The Labute approximate surface area is 116 Å². The topological polar surface area (TPSA) is 83.4 Å². The molecule has 6 nitrogen and oxygen atoms in total. The van der Waals surface area contributed by atoms with E-state index < -0.39 is 5.54 Å². The van der Waals surface area contributed by atoms with Gasteiger partial charge in [0.1, 0.15) is 0 Å². The summed E-state index contributed by atoms with van der Waals surface area (Å²) in [6.45, 7) is 0.198. The van der Waals surface area contributed by atoms with Crippen molar-refractivity contribution in [1.82, 2.24) is 10.1 Å². The molecule has 0 bridgehead atoms. The molecule has 20 heavy (non-hydrogen) atoms. The van der Waals surface area contributed by atoms with Crippen molar-refractivity contribution in [1.29, 1.82) is 0 Å². The van der Waals surface area contributed by atoms with Gasteiger partial charge in [0.25, 0.3) is 5.89 Å². The maximum Gasteiger partial charge on any atom is 0.264 e. The molecule has 106 valence electrons. The van der Waals surface area contributed by atoms with Gasteiger partial charge in [-0.25, -0.2) is 0 Å². The lowest BCUT2D eigenvalue weighted by atomic mass is 9.77. The van der Waals surface area contributed by atoms with E-state index in [0.29, 0.717) is 23.2 Å². The van der Waals surface area contributed by atoms with Crippen LogP contribution in [0.4, 0.5) is 0 Å². The van der Waals surface area contributed by atoms with Gasteiger partial charge in [0.15, 0.2) is 23.9 Å². The van der Waals surface area contributed by atoms with E-state index in [1.54, 1.807) is 7.11 Å². The Morgan fingerprint density at radius 1 is 1.30 bits per heavy atom. The molecule has 0 atom stereocenters. The Morgan fingerprint density at radius 3 is 2.70 bits per heavy atom. The third-order valence-electron chi connectivity index (χ3n) is 3.58. The molecule has 2 N–H and O–H groups in total. The highest BCUT2D eigenvalue weighted by atomic mass is 16.5. The molecule has 1 fully saturated rings. The second kappa shape index (κ2) is 5.13. The molecular formula is C14H17N3O3. The average molecular weight is 275 g/mol. The fourth-order valence-corrected chi connectivity index (χ4v) is 2.17. The van der Waals surface area contributed by atoms with Crippen LogP contribution in [0.2, 0.25) is 0 Å². The molecule has 1 aliphatic rings. The van der Waals surface area contributed by atoms with Crippen LogP contribution in [0.3, 0.4) is 0 Å². The minimum atomic E-state index is -0.411. The monoisotopic (exact) mass is 275 g/mol. The molecule has 1 aromatic carbocycles. The highest BCUT2D eigenvalue weighted by Gasteiger charge is 2.38. The maximum absolute atomic E-state index is 6.14.